The zero-order valence-electron chi connectivity index (χ0n) is 18.3. The number of para-hydroxylation sites is 3. The van der Waals surface area contributed by atoms with Crippen LogP contribution in [0, 0.1) is 0 Å². The topological polar surface area (TPSA) is 92.1 Å². The number of furan rings is 1. The lowest BCUT2D eigenvalue weighted by molar-refractivity contribution is -0.135. The Kier molecular flexibility index (Phi) is 6.73. The summed E-state index contributed by atoms with van der Waals surface area (Å²) in [5.74, 6) is 0.381. The minimum Gasteiger partial charge on any atom is -0.479 e. The van der Waals surface area contributed by atoms with Crippen LogP contribution in [0.25, 0.3) is 0 Å². The second kappa shape index (κ2) is 10.0. The van der Waals surface area contributed by atoms with Crippen LogP contribution in [-0.4, -0.2) is 41.8 Å². The zero-order chi connectivity index (χ0) is 23.2. The molecule has 2 aromatic carbocycles. The molecule has 1 atom stereocenters. The number of amides is 3. The van der Waals surface area contributed by atoms with Gasteiger partial charge in [-0.25, -0.2) is 0 Å². The van der Waals surface area contributed by atoms with Crippen molar-refractivity contribution in [3.05, 3.63) is 78.8 Å². The molecule has 1 aliphatic rings. The number of benzene rings is 2. The molecule has 3 aromatic rings. The molecular formula is C25H25N3O5. The van der Waals surface area contributed by atoms with Crippen LogP contribution in [0.4, 0.5) is 11.4 Å². The molecule has 0 aliphatic carbocycles. The Hall–Kier alpha value is -4.07. The molecule has 1 unspecified atom stereocenters. The molecule has 3 amide bonds. The number of nitrogens with one attached hydrogen (secondary N) is 1. The van der Waals surface area contributed by atoms with Gasteiger partial charge in [-0.05, 0) is 43.3 Å². The molecule has 0 fully saturated rings. The molecule has 0 saturated heterocycles. The van der Waals surface area contributed by atoms with Gasteiger partial charge in [-0.15, -0.1) is 0 Å². The fourth-order valence-electron chi connectivity index (χ4n) is 3.67. The van der Waals surface area contributed by atoms with E-state index < -0.39 is 6.10 Å². The van der Waals surface area contributed by atoms with Crippen molar-refractivity contribution in [2.45, 2.75) is 26.0 Å². The summed E-state index contributed by atoms with van der Waals surface area (Å²) in [6, 6.07) is 19.8. The van der Waals surface area contributed by atoms with Crippen molar-refractivity contribution in [1.29, 1.82) is 0 Å². The van der Waals surface area contributed by atoms with E-state index in [1.165, 1.54) is 11.2 Å². The van der Waals surface area contributed by atoms with Gasteiger partial charge in [0.25, 0.3) is 5.91 Å². The number of carbonyl (C=O) groups excluding carboxylic acids is 3. The molecule has 8 nitrogen and oxygen atoms in total. The fraction of sp³-hybridized carbons (Fsp3) is 0.240. The van der Waals surface area contributed by atoms with E-state index in [0.29, 0.717) is 22.9 Å². The Morgan fingerprint density at radius 1 is 1.03 bits per heavy atom. The predicted molar refractivity (Wildman–Crippen MR) is 123 cm³/mol. The van der Waals surface area contributed by atoms with E-state index >= 15 is 0 Å². The highest BCUT2D eigenvalue weighted by Crippen LogP contribution is 2.33. The lowest BCUT2D eigenvalue weighted by atomic mass is 10.1. The zero-order valence-corrected chi connectivity index (χ0v) is 18.3. The van der Waals surface area contributed by atoms with Crippen LogP contribution >= 0.6 is 0 Å². The number of hydrogen-bond donors (Lipinski definition) is 1. The lowest BCUT2D eigenvalue weighted by Crippen LogP contribution is -2.46. The molecule has 1 N–H and O–H groups in total. The number of nitrogens with zero attached hydrogens (tertiary/aromatic N) is 2. The molecule has 170 valence electrons. The first-order valence-electron chi connectivity index (χ1n) is 10.7. The quantitative estimate of drug-likeness (QED) is 0.571. The maximum absolute atomic E-state index is 13.1. The summed E-state index contributed by atoms with van der Waals surface area (Å²) in [5.41, 5.74) is 1.28. The van der Waals surface area contributed by atoms with E-state index in [9.17, 15) is 14.4 Å². The Labute approximate surface area is 191 Å². The van der Waals surface area contributed by atoms with Gasteiger partial charge in [0.05, 0.1) is 18.5 Å². The van der Waals surface area contributed by atoms with Crippen molar-refractivity contribution in [3.63, 3.8) is 0 Å². The average molecular weight is 447 g/mol. The second-order valence-corrected chi connectivity index (χ2v) is 7.71. The number of ether oxygens (including phenoxy) is 1. The first-order valence-corrected chi connectivity index (χ1v) is 10.7. The minimum absolute atomic E-state index is 0.0477. The molecule has 0 bridgehead atoms. The maximum Gasteiger partial charge on any atom is 0.267 e. The summed E-state index contributed by atoms with van der Waals surface area (Å²) < 4.78 is 11.0. The van der Waals surface area contributed by atoms with Crippen LogP contribution in [0.2, 0.25) is 0 Å². The van der Waals surface area contributed by atoms with Gasteiger partial charge in [0, 0.05) is 18.7 Å². The van der Waals surface area contributed by atoms with E-state index in [-0.39, 0.29) is 43.8 Å². The monoisotopic (exact) mass is 447 g/mol. The van der Waals surface area contributed by atoms with E-state index in [1.54, 1.807) is 48.2 Å². The maximum atomic E-state index is 13.1. The SMILES string of the molecule is CC1Oc2ccccc2N(CCC(=O)N(CC(=O)Nc2ccccc2)Cc2ccco2)C1=O. The van der Waals surface area contributed by atoms with Crippen molar-refractivity contribution in [3.8, 4) is 5.75 Å². The molecular weight excluding hydrogens is 422 g/mol. The summed E-state index contributed by atoms with van der Waals surface area (Å²) in [5, 5.41) is 2.79. The Bertz CT molecular complexity index is 1110. The standard InChI is InChI=1S/C25H25N3O5/c1-18-25(31)28(21-11-5-6-12-22(21)33-18)14-13-24(30)27(16-20-10-7-15-32-20)17-23(29)26-19-8-3-2-4-9-19/h2-12,15,18H,13-14,16-17H2,1H3,(H,26,29). The largest absolute Gasteiger partial charge is 0.479 e. The molecule has 33 heavy (non-hydrogen) atoms. The molecule has 1 aliphatic heterocycles. The van der Waals surface area contributed by atoms with Crippen molar-refractivity contribution < 1.29 is 23.5 Å². The smallest absolute Gasteiger partial charge is 0.267 e. The Balaban J connectivity index is 1.45. The van der Waals surface area contributed by atoms with Crippen LogP contribution < -0.4 is 15.0 Å². The van der Waals surface area contributed by atoms with Gasteiger partial charge in [0.1, 0.15) is 18.1 Å². The van der Waals surface area contributed by atoms with Crippen LogP contribution in [0.15, 0.2) is 77.4 Å². The van der Waals surface area contributed by atoms with Gasteiger partial charge in [-0.2, -0.15) is 0 Å². The summed E-state index contributed by atoms with van der Waals surface area (Å²) in [7, 11) is 0. The van der Waals surface area contributed by atoms with Crippen LogP contribution in [0.5, 0.6) is 5.75 Å². The summed E-state index contributed by atoms with van der Waals surface area (Å²) >= 11 is 0. The number of carbonyl (C=O) groups is 3. The number of rotatable bonds is 8. The van der Waals surface area contributed by atoms with Gasteiger partial charge in [-0.1, -0.05) is 30.3 Å². The van der Waals surface area contributed by atoms with E-state index in [0.717, 1.165) is 0 Å². The molecule has 0 radical (unpaired) electrons. The second-order valence-electron chi connectivity index (χ2n) is 7.71. The minimum atomic E-state index is -0.633. The van der Waals surface area contributed by atoms with Crippen LogP contribution in [-0.2, 0) is 20.9 Å². The number of anilines is 2. The highest BCUT2D eigenvalue weighted by molar-refractivity contribution is 6.00. The van der Waals surface area contributed by atoms with Gasteiger partial charge >= 0.3 is 0 Å². The van der Waals surface area contributed by atoms with Gasteiger partial charge in [-0.3, -0.25) is 14.4 Å². The summed E-state index contributed by atoms with van der Waals surface area (Å²) in [4.78, 5) is 41.4. The predicted octanol–water partition coefficient (Wildman–Crippen LogP) is 3.45. The van der Waals surface area contributed by atoms with Gasteiger partial charge in [0.2, 0.25) is 11.8 Å². The Morgan fingerprint density at radius 3 is 2.55 bits per heavy atom. The van der Waals surface area contributed by atoms with Gasteiger partial charge < -0.3 is 24.3 Å². The highest BCUT2D eigenvalue weighted by Gasteiger charge is 2.32. The molecule has 0 saturated carbocycles. The average Bonchev–Trinajstić information content (AvgIpc) is 3.32. The third-order valence-electron chi connectivity index (χ3n) is 5.29. The van der Waals surface area contributed by atoms with Crippen molar-refractivity contribution in [2.75, 3.05) is 23.3 Å². The van der Waals surface area contributed by atoms with Crippen LogP contribution in [0.3, 0.4) is 0 Å². The van der Waals surface area contributed by atoms with Crippen molar-refractivity contribution >= 4 is 29.1 Å². The third kappa shape index (κ3) is 5.41. The molecule has 4 rings (SSSR count). The molecule has 2 heterocycles. The Morgan fingerprint density at radius 2 is 1.79 bits per heavy atom. The van der Waals surface area contributed by atoms with Crippen molar-refractivity contribution in [1.82, 2.24) is 4.90 Å². The van der Waals surface area contributed by atoms with Crippen LogP contribution in [0.1, 0.15) is 19.1 Å². The fourth-order valence-corrected chi connectivity index (χ4v) is 3.67. The number of fused-ring (bicyclic) bond motifs is 1. The lowest BCUT2D eigenvalue weighted by Gasteiger charge is -2.33. The van der Waals surface area contributed by atoms with E-state index in [1.807, 2.05) is 30.3 Å². The molecule has 8 heteroatoms. The third-order valence-corrected chi connectivity index (χ3v) is 5.29. The first-order chi connectivity index (χ1) is 16.0. The van der Waals surface area contributed by atoms with Gasteiger partial charge in [0.15, 0.2) is 6.10 Å². The normalized spacial score (nSPS) is 14.9. The summed E-state index contributed by atoms with van der Waals surface area (Å²) in [6.07, 6.45) is 0.935. The molecule has 0 spiro atoms. The first kappa shape index (κ1) is 22.1. The number of hydrogen-bond acceptors (Lipinski definition) is 5. The highest BCUT2D eigenvalue weighted by atomic mass is 16.5. The molecule has 1 aromatic heterocycles. The van der Waals surface area contributed by atoms with E-state index in [4.69, 9.17) is 9.15 Å². The van der Waals surface area contributed by atoms with E-state index in [2.05, 4.69) is 5.32 Å². The summed E-state index contributed by atoms with van der Waals surface area (Å²) in [6.45, 7) is 1.87. The van der Waals surface area contributed by atoms with Crippen molar-refractivity contribution in [2.24, 2.45) is 0 Å².